The zero-order valence-corrected chi connectivity index (χ0v) is 12.5. The van der Waals surface area contributed by atoms with Gasteiger partial charge in [0.1, 0.15) is 6.04 Å². The maximum absolute atomic E-state index is 12.5. The molecule has 110 valence electrons. The minimum atomic E-state index is -3.29. The lowest BCUT2D eigenvalue weighted by molar-refractivity contribution is -0.137. The highest BCUT2D eigenvalue weighted by molar-refractivity contribution is 7.88. The molecule has 1 amide bonds. The second-order valence-corrected chi connectivity index (χ2v) is 7.45. The SMILES string of the molecule is CN1CCN(C(=O)C2CCCCN2S(C)(=O)=O)CC1. The van der Waals surface area contributed by atoms with Crippen molar-refractivity contribution in [3.8, 4) is 0 Å². The fourth-order valence-corrected chi connectivity index (χ4v) is 3.90. The van der Waals surface area contributed by atoms with Crippen LogP contribution in [0.15, 0.2) is 0 Å². The van der Waals surface area contributed by atoms with Gasteiger partial charge in [0.15, 0.2) is 0 Å². The summed E-state index contributed by atoms with van der Waals surface area (Å²) in [7, 11) is -1.26. The van der Waals surface area contributed by atoms with E-state index in [0.717, 1.165) is 25.9 Å². The highest BCUT2D eigenvalue weighted by Gasteiger charge is 2.37. The summed E-state index contributed by atoms with van der Waals surface area (Å²) in [5, 5.41) is 0. The van der Waals surface area contributed by atoms with Crippen LogP contribution in [-0.4, -0.2) is 80.5 Å². The number of hydrogen-bond acceptors (Lipinski definition) is 4. The Kier molecular flexibility index (Phi) is 4.47. The Balaban J connectivity index is 2.07. The van der Waals surface area contributed by atoms with E-state index >= 15 is 0 Å². The van der Waals surface area contributed by atoms with E-state index in [1.807, 2.05) is 11.9 Å². The van der Waals surface area contributed by atoms with Crippen LogP contribution in [0, 0.1) is 0 Å². The van der Waals surface area contributed by atoms with E-state index < -0.39 is 16.1 Å². The van der Waals surface area contributed by atoms with Gasteiger partial charge >= 0.3 is 0 Å². The van der Waals surface area contributed by atoms with Gasteiger partial charge in [0, 0.05) is 32.7 Å². The Morgan fingerprint density at radius 1 is 1.05 bits per heavy atom. The molecule has 0 bridgehead atoms. The zero-order chi connectivity index (χ0) is 14.0. The van der Waals surface area contributed by atoms with E-state index in [9.17, 15) is 13.2 Å². The first kappa shape index (κ1) is 14.7. The van der Waals surface area contributed by atoms with Crippen LogP contribution in [0.5, 0.6) is 0 Å². The molecule has 2 aliphatic rings. The molecule has 0 aliphatic carbocycles. The first-order chi connectivity index (χ1) is 8.89. The van der Waals surface area contributed by atoms with Gasteiger partial charge in [-0.25, -0.2) is 8.42 Å². The van der Waals surface area contributed by atoms with Crippen molar-refractivity contribution < 1.29 is 13.2 Å². The van der Waals surface area contributed by atoms with Crippen molar-refractivity contribution in [2.75, 3.05) is 46.0 Å². The average molecular weight is 289 g/mol. The van der Waals surface area contributed by atoms with Crippen molar-refractivity contribution >= 4 is 15.9 Å². The molecular weight excluding hydrogens is 266 g/mol. The van der Waals surface area contributed by atoms with Crippen LogP contribution in [0.4, 0.5) is 0 Å². The Morgan fingerprint density at radius 2 is 1.68 bits per heavy atom. The number of likely N-dealkylation sites (N-methyl/N-ethyl adjacent to an activating group) is 1. The van der Waals surface area contributed by atoms with Crippen molar-refractivity contribution in [2.45, 2.75) is 25.3 Å². The Labute approximate surface area is 115 Å². The predicted octanol–water partition coefficient (Wildman–Crippen LogP) is -0.425. The molecule has 0 aromatic carbocycles. The van der Waals surface area contributed by atoms with E-state index in [-0.39, 0.29) is 5.91 Å². The van der Waals surface area contributed by atoms with Crippen molar-refractivity contribution in [3.63, 3.8) is 0 Å². The number of nitrogens with zero attached hydrogens (tertiary/aromatic N) is 3. The molecule has 2 rings (SSSR count). The monoisotopic (exact) mass is 289 g/mol. The van der Waals surface area contributed by atoms with Gasteiger partial charge in [0.25, 0.3) is 0 Å². The first-order valence-corrected chi connectivity index (χ1v) is 8.68. The number of amides is 1. The lowest BCUT2D eigenvalue weighted by Crippen LogP contribution is -2.56. The van der Waals surface area contributed by atoms with Gasteiger partial charge in [-0.1, -0.05) is 6.42 Å². The fraction of sp³-hybridized carbons (Fsp3) is 0.917. The number of piperidine rings is 1. The van der Waals surface area contributed by atoms with Crippen LogP contribution < -0.4 is 0 Å². The molecule has 0 aromatic heterocycles. The molecule has 2 aliphatic heterocycles. The third-order valence-corrected chi connectivity index (χ3v) is 5.27. The first-order valence-electron chi connectivity index (χ1n) is 6.84. The van der Waals surface area contributed by atoms with Crippen LogP contribution in [0.3, 0.4) is 0 Å². The Hall–Kier alpha value is -0.660. The second-order valence-electron chi connectivity index (χ2n) is 5.51. The molecule has 6 nitrogen and oxygen atoms in total. The molecule has 1 atom stereocenters. The maximum Gasteiger partial charge on any atom is 0.241 e. The van der Waals surface area contributed by atoms with E-state index in [0.29, 0.717) is 26.1 Å². The van der Waals surface area contributed by atoms with Crippen LogP contribution in [0.25, 0.3) is 0 Å². The summed E-state index contributed by atoms with van der Waals surface area (Å²) in [6, 6.07) is -0.479. The summed E-state index contributed by atoms with van der Waals surface area (Å²) < 4.78 is 25.0. The van der Waals surface area contributed by atoms with E-state index in [1.165, 1.54) is 10.6 Å². The molecule has 7 heteroatoms. The minimum absolute atomic E-state index is 0.0155. The molecule has 0 radical (unpaired) electrons. The third kappa shape index (κ3) is 3.46. The smallest absolute Gasteiger partial charge is 0.241 e. The third-order valence-electron chi connectivity index (χ3n) is 3.98. The molecule has 0 saturated carbocycles. The quantitative estimate of drug-likeness (QED) is 0.692. The van der Waals surface area contributed by atoms with Crippen LogP contribution in [0.2, 0.25) is 0 Å². The minimum Gasteiger partial charge on any atom is -0.339 e. The van der Waals surface area contributed by atoms with Crippen LogP contribution in [0.1, 0.15) is 19.3 Å². The number of carbonyl (C=O) groups excluding carboxylic acids is 1. The predicted molar refractivity (Wildman–Crippen MR) is 73.3 cm³/mol. The summed E-state index contributed by atoms with van der Waals surface area (Å²) in [4.78, 5) is 16.5. The summed E-state index contributed by atoms with van der Waals surface area (Å²) >= 11 is 0. The normalized spacial score (nSPS) is 27.5. The van der Waals surface area contributed by atoms with Gasteiger partial charge in [0.2, 0.25) is 15.9 Å². The molecule has 0 aromatic rings. The molecule has 2 saturated heterocycles. The summed E-state index contributed by atoms with van der Waals surface area (Å²) in [6.45, 7) is 3.59. The molecule has 1 unspecified atom stereocenters. The topological polar surface area (TPSA) is 60.9 Å². The number of rotatable bonds is 2. The largest absolute Gasteiger partial charge is 0.339 e. The van der Waals surface area contributed by atoms with Gasteiger partial charge in [-0.15, -0.1) is 0 Å². The summed E-state index contributed by atoms with van der Waals surface area (Å²) in [6.07, 6.45) is 3.62. The van der Waals surface area contributed by atoms with E-state index in [1.54, 1.807) is 0 Å². The molecule has 0 N–H and O–H groups in total. The second kappa shape index (κ2) is 5.76. The molecule has 0 spiro atoms. The van der Waals surface area contributed by atoms with Crippen molar-refractivity contribution in [1.29, 1.82) is 0 Å². The summed E-state index contributed by atoms with van der Waals surface area (Å²) in [5.41, 5.74) is 0. The Bertz CT molecular complexity index is 430. The lowest BCUT2D eigenvalue weighted by atomic mass is 10.0. The maximum atomic E-state index is 12.5. The van der Waals surface area contributed by atoms with Crippen molar-refractivity contribution in [3.05, 3.63) is 0 Å². The van der Waals surface area contributed by atoms with Gasteiger partial charge < -0.3 is 9.80 Å². The molecule has 2 fully saturated rings. The van der Waals surface area contributed by atoms with Gasteiger partial charge in [0.05, 0.1) is 6.26 Å². The van der Waals surface area contributed by atoms with Crippen molar-refractivity contribution in [2.24, 2.45) is 0 Å². The van der Waals surface area contributed by atoms with Gasteiger partial charge in [-0.2, -0.15) is 4.31 Å². The fourth-order valence-electron chi connectivity index (χ4n) is 2.79. The van der Waals surface area contributed by atoms with Crippen LogP contribution >= 0.6 is 0 Å². The molecule has 2 heterocycles. The highest BCUT2D eigenvalue weighted by atomic mass is 32.2. The number of sulfonamides is 1. The van der Waals surface area contributed by atoms with E-state index in [4.69, 9.17) is 0 Å². The molecular formula is C12H23N3O3S. The average Bonchev–Trinajstić information content (AvgIpc) is 2.38. The molecule has 19 heavy (non-hydrogen) atoms. The highest BCUT2D eigenvalue weighted by Crippen LogP contribution is 2.22. The standard InChI is InChI=1S/C12H23N3O3S/c1-13-7-9-14(10-8-13)12(16)11-5-3-4-6-15(11)19(2,17)18/h11H,3-10H2,1-2H3. The van der Waals surface area contributed by atoms with Crippen LogP contribution in [-0.2, 0) is 14.8 Å². The Morgan fingerprint density at radius 3 is 2.26 bits per heavy atom. The zero-order valence-electron chi connectivity index (χ0n) is 11.7. The van der Waals surface area contributed by atoms with E-state index in [2.05, 4.69) is 4.90 Å². The summed E-state index contributed by atoms with van der Waals surface area (Å²) in [5.74, 6) is -0.0155. The van der Waals surface area contributed by atoms with Gasteiger partial charge in [-0.3, -0.25) is 4.79 Å². The van der Waals surface area contributed by atoms with Gasteiger partial charge in [-0.05, 0) is 19.9 Å². The number of carbonyl (C=O) groups is 1. The number of piperazine rings is 1. The lowest BCUT2D eigenvalue weighted by Gasteiger charge is -2.39. The van der Waals surface area contributed by atoms with Crippen molar-refractivity contribution in [1.82, 2.24) is 14.1 Å². The number of hydrogen-bond donors (Lipinski definition) is 0.